The predicted octanol–water partition coefficient (Wildman–Crippen LogP) is 3.09. The fourth-order valence-corrected chi connectivity index (χ4v) is 1.34. The molecule has 0 aromatic carbocycles. The van der Waals surface area contributed by atoms with Crippen LogP contribution < -0.4 is 0 Å². The molecule has 94 valence electrons. The SMILES string of the molecule is C=CCC(=O)OCCCCCCCOCC. The Morgan fingerprint density at radius 1 is 1.12 bits per heavy atom. The predicted molar refractivity (Wildman–Crippen MR) is 65.4 cm³/mol. The lowest BCUT2D eigenvalue weighted by atomic mass is 10.1. The number of carbonyl (C=O) groups is 1. The molecule has 0 heterocycles. The molecule has 16 heavy (non-hydrogen) atoms. The molecule has 0 aliphatic heterocycles. The molecule has 0 radical (unpaired) electrons. The zero-order valence-electron chi connectivity index (χ0n) is 10.4. The summed E-state index contributed by atoms with van der Waals surface area (Å²) in [5, 5.41) is 0. The van der Waals surface area contributed by atoms with Crippen molar-refractivity contribution in [3.63, 3.8) is 0 Å². The Morgan fingerprint density at radius 2 is 1.75 bits per heavy atom. The summed E-state index contributed by atoms with van der Waals surface area (Å²) >= 11 is 0. The molecule has 0 saturated heterocycles. The summed E-state index contributed by atoms with van der Waals surface area (Å²) in [5.74, 6) is -0.175. The van der Waals surface area contributed by atoms with Crippen LogP contribution in [-0.4, -0.2) is 25.8 Å². The summed E-state index contributed by atoms with van der Waals surface area (Å²) in [7, 11) is 0. The molecule has 3 nitrogen and oxygen atoms in total. The first-order valence-corrected chi connectivity index (χ1v) is 6.15. The van der Waals surface area contributed by atoms with Crippen molar-refractivity contribution < 1.29 is 14.3 Å². The molecule has 3 heteroatoms. The van der Waals surface area contributed by atoms with Gasteiger partial charge in [-0.3, -0.25) is 4.79 Å². The molecule has 0 N–H and O–H groups in total. The Hall–Kier alpha value is -0.830. The van der Waals surface area contributed by atoms with E-state index in [-0.39, 0.29) is 5.97 Å². The van der Waals surface area contributed by atoms with Crippen LogP contribution >= 0.6 is 0 Å². The van der Waals surface area contributed by atoms with Gasteiger partial charge in [0.05, 0.1) is 13.0 Å². The molecule has 0 aliphatic carbocycles. The third kappa shape index (κ3) is 11.2. The number of esters is 1. The molecule has 0 fully saturated rings. The lowest BCUT2D eigenvalue weighted by Crippen LogP contribution is -2.04. The lowest BCUT2D eigenvalue weighted by Gasteiger charge is -2.03. The van der Waals surface area contributed by atoms with Crippen molar-refractivity contribution in [2.75, 3.05) is 19.8 Å². The summed E-state index contributed by atoms with van der Waals surface area (Å²) in [4.78, 5) is 10.9. The minimum absolute atomic E-state index is 0.175. The fraction of sp³-hybridized carbons (Fsp3) is 0.769. The van der Waals surface area contributed by atoms with E-state index >= 15 is 0 Å². The summed E-state index contributed by atoms with van der Waals surface area (Å²) in [6.07, 6.45) is 7.46. The van der Waals surface area contributed by atoms with E-state index in [1.165, 1.54) is 12.8 Å². The highest BCUT2D eigenvalue weighted by atomic mass is 16.5. The molecule has 0 amide bonds. The smallest absolute Gasteiger partial charge is 0.309 e. The van der Waals surface area contributed by atoms with Crippen molar-refractivity contribution >= 4 is 5.97 Å². The van der Waals surface area contributed by atoms with Crippen LogP contribution in [0.4, 0.5) is 0 Å². The van der Waals surface area contributed by atoms with E-state index in [4.69, 9.17) is 9.47 Å². The van der Waals surface area contributed by atoms with Gasteiger partial charge in [0, 0.05) is 13.2 Å². The standard InChI is InChI=1S/C13H24O3/c1-3-10-13(14)16-12-9-7-5-6-8-11-15-4-2/h3H,1,4-12H2,2H3. The van der Waals surface area contributed by atoms with Gasteiger partial charge in [0.15, 0.2) is 0 Å². The number of rotatable bonds is 11. The molecule has 0 bridgehead atoms. The zero-order valence-corrected chi connectivity index (χ0v) is 10.4. The second-order valence-corrected chi connectivity index (χ2v) is 3.68. The van der Waals surface area contributed by atoms with Gasteiger partial charge in [-0.25, -0.2) is 0 Å². The molecule has 0 aromatic rings. The first-order valence-electron chi connectivity index (χ1n) is 6.15. The fourth-order valence-electron chi connectivity index (χ4n) is 1.34. The lowest BCUT2D eigenvalue weighted by molar-refractivity contribution is -0.142. The monoisotopic (exact) mass is 228 g/mol. The van der Waals surface area contributed by atoms with E-state index in [0.29, 0.717) is 13.0 Å². The molecule has 0 aliphatic rings. The average Bonchev–Trinajstić information content (AvgIpc) is 2.27. The van der Waals surface area contributed by atoms with Crippen molar-refractivity contribution in [1.29, 1.82) is 0 Å². The van der Waals surface area contributed by atoms with Crippen molar-refractivity contribution in [3.8, 4) is 0 Å². The van der Waals surface area contributed by atoms with Gasteiger partial charge < -0.3 is 9.47 Å². The summed E-state index contributed by atoms with van der Waals surface area (Å²) in [6.45, 7) is 7.70. The van der Waals surface area contributed by atoms with Gasteiger partial charge in [-0.15, -0.1) is 6.58 Å². The van der Waals surface area contributed by atoms with Crippen LogP contribution in [0.15, 0.2) is 12.7 Å². The molecule has 0 spiro atoms. The molecule has 0 atom stereocenters. The summed E-state index contributed by atoms with van der Waals surface area (Å²) in [6, 6.07) is 0. The topological polar surface area (TPSA) is 35.5 Å². The number of hydrogen-bond acceptors (Lipinski definition) is 3. The van der Waals surface area contributed by atoms with E-state index in [1.54, 1.807) is 6.08 Å². The van der Waals surface area contributed by atoms with Gasteiger partial charge >= 0.3 is 5.97 Å². The molecular weight excluding hydrogens is 204 g/mol. The van der Waals surface area contributed by atoms with Crippen LogP contribution in [0.1, 0.15) is 45.4 Å². The van der Waals surface area contributed by atoms with Gasteiger partial charge in [0.25, 0.3) is 0 Å². The Kier molecular flexibility index (Phi) is 11.6. The Bertz CT molecular complexity index is 178. The largest absolute Gasteiger partial charge is 0.465 e. The number of carbonyl (C=O) groups excluding carboxylic acids is 1. The third-order valence-corrected chi connectivity index (χ3v) is 2.21. The average molecular weight is 228 g/mol. The van der Waals surface area contributed by atoms with Crippen LogP contribution in [0.2, 0.25) is 0 Å². The van der Waals surface area contributed by atoms with Gasteiger partial charge in [0.2, 0.25) is 0 Å². The van der Waals surface area contributed by atoms with Gasteiger partial charge in [0.1, 0.15) is 0 Å². The number of ether oxygens (including phenoxy) is 2. The van der Waals surface area contributed by atoms with Crippen LogP contribution in [0.25, 0.3) is 0 Å². The first kappa shape index (κ1) is 15.2. The number of unbranched alkanes of at least 4 members (excludes halogenated alkanes) is 4. The second kappa shape index (κ2) is 12.2. The highest BCUT2D eigenvalue weighted by molar-refractivity contribution is 5.70. The maximum atomic E-state index is 10.9. The number of hydrogen-bond donors (Lipinski definition) is 0. The summed E-state index contributed by atoms with van der Waals surface area (Å²) < 4.78 is 10.2. The highest BCUT2D eigenvalue weighted by Gasteiger charge is 1.98. The van der Waals surface area contributed by atoms with Crippen LogP contribution in [0, 0.1) is 0 Å². The van der Waals surface area contributed by atoms with E-state index in [2.05, 4.69) is 6.58 Å². The molecule has 0 saturated carbocycles. The molecule has 0 rings (SSSR count). The molecular formula is C13H24O3. The van der Waals surface area contributed by atoms with E-state index in [1.807, 2.05) is 6.92 Å². The van der Waals surface area contributed by atoms with Crippen molar-refractivity contribution in [1.82, 2.24) is 0 Å². The van der Waals surface area contributed by atoms with Crippen LogP contribution in [-0.2, 0) is 14.3 Å². The van der Waals surface area contributed by atoms with Crippen molar-refractivity contribution in [2.45, 2.75) is 45.4 Å². The van der Waals surface area contributed by atoms with Crippen LogP contribution in [0.3, 0.4) is 0 Å². The van der Waals surface area contributed by atoms with Gasteiger partial charge in [-0.2, -0.15) is 0 Å². The van der Waals surface area contributed by atoms with Gasteiger partial charge in [-0.1, -0.05) is 25.3 Å². The highest BCUT2D eigenvalue weighted by Crippen LogP contribution is 2.03. The Balaban J connectivity index is 3.03. The third-order valence-electron chi connectivity index (χ3n) is 2.21. The van der Waals surface area contributed by atoms with E-state index in [9.17, 15) is 4.79 Å². The van der Waals surface area contributed by atoms with E-state index in [0.717, 1.165) is 32.5 Å². The maximum absolute atomic E-state index is 10.9. The Morgan fingerprint density at radius 3 is 2.38 bits per heavy atom. The quantitative estimate of drug-likeness (QED) is 0.310. The normalized spacial score (nSPS) is 10.1. The zero-order chi connectivity index (χ0) is 12.1. The van der Waals surface area contributed by atoms with Crippen molar-refractivity contribution in [2.24, 2.45) is 0 Å². The summed E-state index contributed by atoms with van der Waals surface area (Å²) in [5.41, 5.74) is 0. The van der Waals surface area contributed by atoms with Crippen LogP contribution in [0.5, 0.6) is 0 Å². The van der Waals surface area contributed by atoms with Gasteiger partial charge in [-0.05, 0) is 19.8 Å². The minimum Gasteiger partial charge on any atom is -0.465 e. The van der Waals surface area contributed by atoms with Crippen molar-refractivity contribution in [3.05, 3.63) is 12.7 Å². The first-order chi connectivity index (χ1) is 7.81. The maximum Gasteiger partial charge on any atom is 0.309 e. The molecule has 0 aromatic heterocycles. The second-order valence-electron chi connectivity index (χ2n) is 3.68. The van der Waals surface area contributed by atoms with E-state index < -0.39 is 0 Å². The minimum atomic E-state index is -0.175. The molecule has 0 unspecified atom stereocenters. The Labute approximate surface area is 98.8 Å².